The topological polar surface area (TPSA) is 51.8 Å². The van der Waals surface area contributed by atoms with Crippen molar-refractivity contribution < 1.29 is 4.42 Å². The fraction of sp³-hybridized carbons (Fsp3) is 0. The molecule has 234 valence electrons. The first-order chi connectivity index (χ1) is 24.8. The van der Waals surface area contributed by atoms with E-state index < -0.39 is 0 Å². The van der Waals surface area contributed by atoms with E-state index in [1.54, 1.807) is 11.3 Å². The maximum Gasteiger partial charge on any atom is 0.165 e. The average Bonchev–Trinajstić information content (AvgIpc) is 3.77. The summed E-state index contributed by atoms with van der Waals surface area (Å²) in [5.74, 6) is 1.89. The van der Waals surface area contributed by atoms with Crippen LogP contribution in [0.2, 0.25) is 0 Å². The lowest BCUT2D eigenvalue weighted by Crippen LogP contribution is -2.00. The normalized spacial score (nSPS) is 11.6. The summed E-state index contributed by atoms with van der Waals surface area (Å²) in [5.41, 5.74) is 9.08. The van der Waals surface area contributed by atoms with E-state index in [2.05, 4.69) is 115 Å². The van der Waals surface area contributed by atoms with Crippen LogP contribution in [0.3, 0.4) is 0 Å². The standard InChI is InChI=1S/C45H27N3OS/c1-3-12-28(13-4-1)30-16-9-17-31(26-30)32-24-25-38-37(27-32)41-35(20-11-22-39(41)49-38)44-46-43(29-14-5-2-6-15-29)47-45(48-44)36-21-10-19-34-33-18-7-8-23-40(33)50-42(34)36/h1-27H. The van der Waals surface area contributed by atoms with Gasteiger partial charge in [-0.3, -0.25) is 0 Å². The molecule has 0 aliphatic rings. The fourth-order valence-corrected chi connectivity index (χ4v) is 8.17. The summed E-state index contributed by atoms with van der Waals surface area (Å²) >= 11 is 1.78. The van der Waals surface area contributed by atoms with Crippen LogP contribution in [0, 0.1) is 0 Å². The number of furan rings is 1. The molecule has 4 nitrogen and oxygen atoms in total. The van der Waals surface area contributed by atoms with E-state index in [1.807, 2.05) is 48.5 Å². The molecule has 0 fully saturated rings. The van der Waals surface area contributed by atoms with Gasteiger partial charge in [0, 0.05) is 47.6 Å². The molecule has 0 spiro atoms. The summed E-state index contributed by atoms with van der Waals surface area (Å²) in [6.07, 6.45) is 0. The molecule has 0 aliphatic carbocycles. The third kappa shape index (κ3) is 4.79. The van der Waals surface area contributed by atoms with Crippen molar-refractivity contribution in [2.24, 2.45) is 0 Å². The van der Waals surface area contributed by atoms with Gasteiger partial charge in [-0.05, 0) is 58.7 Å². The van der Waals surface area contributed by atoms with Crippen molar-refractivity contribution in [3.63, 3.8) is 0 Å². The molecule has 50 heavy (non-hydrogen) atoms. The summed E-state index contributed by atoms with van der Waals surface area (Å²) in [6, 6.07) is 56.8. The van der Waals surface area contributed by atoms with Gasteiger partial charge in [0.25, 0.3) is 0 Å². The Bertz CT molecular complexity index is 2870. The van der Waals surface area contributed by atoms with E-state index in [1.165, 1.54) is 31.3 Å². The number of hydrogen-bond acceptors (Lipinski definition) is 5. The van der Waals surface area contributed by atoms with Gasteiger partial charge < -0.3 is 4.42 Å². The highest BCUT2D eigenvalue weighted by Gasteiger charge is 2.20. The second-order valence-corrected chi connectivity index (χ2v) is 13.4. The molecule has 0 aliphatic heterocycles. The molecule has 10 rings (SSSR count). The van der Waals surface area contributed by atoms with Gasteiger partial charge in [0.15, 0.2) is 17.5 Å². The minimum Gasteiger partial charge on any atom is -0.456 e. The Labute approximate surface area is 292 Å². The Morgan fingerprint density at radius 1 is 0.380 bits per heavy atom. The van der Waals surface area contributed by atoms with Gasteiger partial charge in [-0.25, -0.2) is 15.0 Å². The van der Waals surface area contributed by atoms with Crippen molar-refractivity contribution in [3.8, 4) is 56.4 Å². The summed E-state index contributed by atoms with van der Waals surface area (Å²) in [7, 11) is 0. The molecule has 0 bridgehead atoms. The number of hydrogen-bond donors (Lipinski definition) is 0. The van der Waals surface area contributed by atoms with Crippen LogP contribution in [-0.4, -0.2) is 15.0 Å². The Morgan fingerprint density at radius 3 is 1.82 bits per heavy atom. The van der Waals surface area contributed by atoms with Crippen LogP contribution in [0.1, 0.15) is 0 Å². The zero-order chi connectivity index (χ0) is 33.0. The van der Waals surface area contributed by atoms with Crippen molar-refractivity contribution in [1.29, 1.82) is 0 Å². The number of benzene rings is 7. The first-order valence-electron chi connectivity index (χ1n) is 16.6. The molecule has 0 amide bonds. The largest absolute Gasteiger partial charge is 0.456 e. The van der Waals surface area contributed by atoms with Crippen LogP contribution in [0.4, 0.5) is 0 Å². The zero-order valence-corrected chi connectivity index (χ0v) is 27.6. The molecule has 5 heteroatoms. The maximum absolute atomic E-state index is 6.45. The lowest BCUT2D eigenvalue weighted by molar-refractivity contribution is 0.669. The first kappa shape index (κ1) is 28.6. The smallest absolute Gasteiger partial charge is 0.165 e. The molecule has 3 heterocycles. The van der Waals surface area contributed by atoms with Gasteiger partial charge >= 0.3 is 0 Å². The van der Waals surface area contributed by atoms with Crippen LogP contribution >= 0.6 is 11.3 Å². The number of aromatic nitrogens is 3. The van der Waals surface area contributed by atoms with E-state index in [4.69, 9.17) is 19.4 Å². The predicted molar refractivity (Wildman–Crippen MR) is 207 cm³/mol. The van der Waals surface area contributed by atoms with Crippen LogP contribution in [0.25, 0.3) is 98.5 Å². The summed E-state index contributed by atoms with van der Waals surface area (Å²) in [5, 5.41) is 4.46. The molecular weight excluding hydrogens is 631 g/mol. The van der Waals surface area contributed by atoms with Crippen molar-refractivity contribution >= 4 is 53.4 Å². The molecular formula is C45H27N3OS. The van der Waals surface area contributed by atoms with E-state index in [9.17, 15) is 0 Å². The molecule has 0 saturated carbocycles. The third-order valence-corrected chi connectivity index (χ3v) is 10.6. The maximum atomic E-state index is 6.45. The summed E-state index contributed by atoms with van der Waals surface area (Å²) in [4.78, 5) is 15.4. The van der Waals surface area contributed by atoms with E-state index in [0.29, 0.717) is 17.5 Å². The number of nitrogens with zero attached hydrogens (tertiary/aromatic N) is 3. The van der Waals surface area contributed by atoms with Gasteiger partial charge in [0.1, 0.15) is 11.2 Å². The molecule has 3 aromatic heterocycles. The Balaban J connectivity index is 1.18. The second-order valence-electron chi connectivity index (χ2n) is 12.4. The van der Waals surface area contributed by atoms with Crippen molar-refractivity contribution in [2.45, 2.75) is 0 Å². The van der Waals surface area contributed by atoms with E-state index in [0.717, 1.165) is 49.8 Å². The van der Waals surface area contributed by atoms with Gasteiger partial charge in [0.2, 0.25) is 0 Å². The molecule has 0 saturated heterocycles. The Morgan fingerprint density at radius 2 is 0.980 bits per heavy atom. The Hall–Kier alpha value is -6.43. The molecule has 0 unspecified atom stereocenters. The summed E-state index contributed by atoms with van der Waals surface area (Å²) < 4.78 is 8.86. The van der Waals surface area contributed by atoms with Crippen molar-refractivity contribution in [3.05, 3.63) is 164 Å². The van der Waals surface area contributed by atoms with Crippen LogP contribution in [0.5, 0.6) is 0 Å². The van der Waals surface area contributed by atoms with Crippen molar-refractivity contribution in [2.75, 3.05) is 0 Å². The fourth-order valence-electron chi connectivity index (χ4n) is 6.96. The van der Waals surface area contributed by atoms with Gasteiger partial charge in [-0.15, -0.1) is 11.3 Å². The van der Waals surface area contributed by atoms with Crippen LogP contribution < -0.4 is 0 Å². The molecule has 0 radical (unpaired) electrons. The zero-order valence-electron chi connectivity index (χ0n) is 26.7. The minimum absolute atomic E-state index is 0.608. The van der Waals surface area contributed by atoms with Crippen molar-refractivity contribution in [1.82, 2.24) is 15.0 Å². The monoisotopic (exact) mass is 657 g/mol. The first-order valence-corrected chi connectivity index (χ1v) is 17.4. The number of fused-ring (bicyclic) bond motifs is 6. The van der Waals surface area contributed by atoms with Gasteiger partial charge in [-0.2, -0.15) is 0 Å². The van der Waals surface area contributed by atoms with Gasteiger partial charge in [-0.1, -0.05) is 127 Å². The lowest BCUT2D eigenvalue weighted by Gasteiger charge is -2.10. The third-order valence-electron chi connectivity index (χ3n) is 9.35. The highest BCUT2D eigenvalue weighted by atomic mass is 32.1. The average molecular weight is 658 g/mol. The number of thiophene rings is 1. The quantitative estimate of drug-likeness (QED) is 0.185. The summed E-state index contributed by atoms with van der Waals surface area (Å²) in [6.45, 7) is 0. The molecule has 0 N–H and O–H groups in total. The van der Waals surface area contributed by atoms with Crippen LogP contribution in [-0.2, 0) is 0 Å². The Kier molecular flexibility index (Phi) is 6.64. The van der Waals surface area contributed by atoms with Crippen LogP contribution in [0.15, 0.2) is 168 Å². The van der Waals surface area contributed by atoms with E-state index >= 15 is 0 Å². The minimum atomic E-state index is 0.608. The van der Waals surface area contributed by atoms with Gasteiger partial charge in [0.05, 0.1) is 0 Å². The second kappa shape index (κ2) is 11.6. The molecule has 10 aromatic rings. The molecule has 7 aromatic carbocycles. The predicted octanol–water partition coefficient (Wildman–Crippen LogP) is 12.5. The molecule has 0 atom stereocenters. The highest BCUT2D eigenvalue weighted by molar-refractivity contribution is 7.26. The van der Waals surface area contributed by atoms with E-state index in [-0.39, 0.29) is 0 Å². The lowest BCUT2D eigenvalue weighted by atomic mass is 9.97. The SMILES string of the molecule is c1ccc(-c2cccc(-c3ccc4oc5cccc(-c6nc(-c7ccccc7)nc(-c7cccc8c7sc7ccccc78)n6)c5c4c3)c2)cc1. The number of rotatable bonds is 5. The highest BCUT2D eigenvalue weighted by Crippen LogP contribution is 2.41.